The Morgan fingerprint density at radius 2 is 1.38 bits per heavy atom. The fourth-order valence-corrected chi connectivity index (χ4v) is 5.04. The molecule has 0 aliphatic carbocycles. The van der Waals surface area contributed by atoms with E-state index in [4.69, 9.17) is 5.73 Å². The molecule has 1 aliphatic heterocycles. The van der Waals surface area contributed by atoms with E-state index < -0.39 is 47.5 Å². The number of carbonyl (C=O) groups is 2. The molecule has 0 unspecified atom stereocenters. The number of anilines is 1. The normalized spacial score (nSPS) is 13.4. The van der Waals surface area contributed by atoms with Crippen LogP contribution in [0.2, 0.25) is 0 Å². The molecule has 0 radical (unpaired) electrons. The summed E-state index contributed by atoms with van der Waals surface area (Å²) < 4.78 is 71.0. The van der Waals surface area contributed by atoms with Gasteiger partial charge in [0.1, 0.15) is 20.2 Å². The topological polar surface area (TPSA) is 178 Å². The molecule has 0 bridgehead atoms. The van der Waals surface area contributed by atoms with Crippen molar-refractivity contribution in [3.8, 4) is 0 Å². The van der Waals surface area contributed by atoms with Gasteiger partial charge in [0.25, 0.3) is 11.8 Å². The third-order valence-electron chi connectivity index (χ3n) is 4.98. The van der Waals surface area contributed by atoms with E-state index in [2.05, 4.69) is 22.6 Å². The number of nitrogen functional groups attached to an aromatic ring is 1. The molecule has 34 heavy (non-hydrogen) atoms. The van der Waals surface area contributed by atoms with Crippen molar-refractivity contribution in [3.63, 3.8) is 0 Å². The average Bonchev–Trinajstić information content (AvgIpc) is 2.69. The Labute approximate surface area is 252 Å². The molecule has 1 aliphatic rings. The molecule has 166 valence electrons. The van der Waals surface area contributed by atoms with Gasteiger partial charge in [-0.3, -0.25) is 14.5 Å². The second-order valence-corrected chi connectivity index (χ2v) is 10.9. The minimum atomic E-state index is -5.17. The number of rotatable bonds is 4. The van der Waals surface area contributed by atoms with Crippen molar-refractivity contribution < 1.29 is 94.6 Å². The van der Waals surface area contributed by atoms with Gasteiger partial charge in [-0.05, 0) is 58.5 Å². The fraction of sp³-hybridized carbons (Fsp3) is 0.0526. The third kappa shape index (κ3) is 5.39. The molecule has 0 aromatic heterocycles. The summed E-state index contributed by atoms with van der Waals surface area (Å²) in [5.41, 5.74) is 5.05. The van der Waals surface area contributed by atoms with Crippen LogP contribution in [0.4, 0.5) is 5.69 Å². The molecular weight excluding hydrogens is 621 g/mol. The van der Waals surface area contributed by atoms with E-state index in [1.807, 2.05) is 0 Å². The van der Waals surface area contributed by atoms with E-state index in [9.17, 15) is 35.5 Å². The first kappa shape index (κ1) is 29.6. The Bertz CT molecular complexity index is 1540. The van der Waals surface area contributed by atoms with Crippen molar-refractivity contribution in [3.05, 3.63) is 62.7 Å². The quantitative estimate of drug-likeness (QED) is 0.0979. The van der Waals surface area contributed by atoms with Gasteiger partial charge in [-0.2, -0.15) is 0 Å². The van der Waals surface area contributed by atoms with Crippen LogP contribution in [0.5, 0.6) is 0 Å². The smallest absolute Gasteiger partial charge is 0.744 e. The zero-order chi connectivity index (χ0) is 23.6. The molecule has 0 atom stereocenters. The number of carbonyl (C=O) groups excluding carboxylic acids is 2. The van der Waals surface area contributed by atoms with Crippen molar-refractivity contribution in [2.45, 2.75) is 16.3 Å². The Morgan fingerprint density at radius 3 is 1.88 bits per heavy atom. The van der Waals surface area contributed by atoms with Crippen LogP contribution in [0.15, 0.2) is 52.3 Å². The molecule has 2 N–H and O–H groups in total. The van der Waals surface area contributed by atoms with Gasteiger partial charge in [0.15, 0.2) is 0 Å². The molecule has 3 aromatic rings. The van der Waals surface area contributed by atoms with E-state index in [1.165, 1.54) is 0 Å². The second kappa shape index (κ2) is 10.4. The Balaban J connectivity index is 0.00000204. The van der Waals surface area contributed by atoms with Crippen LogP contribution in [0.3, 0.4) is 0 Å². The SMILES string of the molecule is Nc1c(S(=O)(=O)[O-])cc2c3c(cc(S(=O)(=O)[O-])cc13)C(=O)N(Cc1ccc(I)cc1)C2=O.[Na+].[Na+]. The first-order valence-corrected chi connectivity index (χ1v) is 12.6. The molecule has 0 saturated carbocycles. The largest absolute Gasteiger partial charge is 1.00 e. The molecule has 10 nitrogen and oxygen atoms in total. The summed E-state index contributed by atoms with van der Waals surface area (Å²) >= 11 is 2.07. The van der Waals surface area contributed by atoms with Crippen molar-refractivity contribution in [2.24, 2.45) is 0 Å². The van der Waals surface area contributed by atoms with Crippen LogP contribution in [0, 0.1) is 3.57 Å². The molecular formula is C19H11IN2Na2O8S2. The Kier molecular flexibility index (Phi) is 9.08. The summed E-state index contributed by atoms with van der Waals surface area (Å²) in [5, 5.41) is -0.490. The first-order valence-electron chi connectivity index (χ1n) is 8.71. The van der Waals surface area contributed by atoms with Crippen LogP contribution in [-0.2, 0) is 26.8 Å². The van der Waals surface area contributed by atoms with Crippen LogP contribution >= 0.6 is 22.6 Å². The zero-order valence-corrected chi connectivity index (χ0v) is 25.5. The minimum Gasteiger partial charge on any atom is -0.744 e. The van der Waals surface area contributed by atoms with E-state index in [0.717, 1.165) is 26.7 Å². The number of hydrogen-bond acceptors (Lipinski definition) is 9. The Morgan fingerprint density at radius 1 is 0.853 bits per heavy atom. The van der Waals surface area contributed by atoms with Crippen molar-refractivity contribution in [1.82, 2.24) is 4.90 Å². The summed E-state index contributed by atoms with van der Waals surface area (Å²) in [4.78, 5) is 25.3. The number of halogens is 1. The van der Waals surface area contributed by atoms with Gasteiger partial charge in [-0.25, -0.2) is 16.8 Å². The van der Waals surface area contributed by atoms with E-state index in [1.54, 1.807) is 24.3 Å². The molecule has 0 spiro atoms. The second-order valence-electron chi connectivity index (χ2n) is 6.96. The molecule has 3 aromatic carbocycles. The standard InChI is InChI=1S/C19H13IN2O8S2.2Na/c20-10-3-1-9(2-4-10)8-22-18(23)13-6-11(31(25,26)27)5-12-16(13)14(19(22)24)7-15(17(12)21)32(28,29)30;;/h1-7H,8,21H2,(H,25,26,27)(H,28,29,30);;/q;2*+1/p-2. The summed E-state index contributed by atoms with van der Waals surface area (Å²) in [6.07, 6.45) is 0. The van der Waals surface area contributed by atoms with Gasteiger partial charge in [0, 0.05) is 19.9 Å². The molecule has 4 rings (SSSR count). The van der Waals surface area contributed by atoms with Crippen molar-refractivity contribution >= 4 is 71.1 Å². The van der Waals surface area contributed by atoms with Gasteiger partial charge < -0.3 is 14.8 Å². The Hall–Kier alpha value is -0.590. The van der Waals surface area contributed by atoms with Crippen LogP contribution in [0.25, 0.3) is 10.8 Å². The predicted molar refractivity (Wildman–Crippen MR) is 118 cm³/mol. The average molecular weight is 632 g/mol. The van der Waals surface area contributed by atoms with E-state index in [-0.39, 0.29) is 87.6 Å². The van der Waals surface area contributed by atoms with Crippen LogP contribution in [0.1, 0.15) is 26.3 Å². The monoisotopic (exact) mass is 632 g/mol. The summed E-state index contributed by atoms with van der Waals surface area (Å²) in [5.74, 6) is -1.79. The molecule has 1 heterocycles. The summed E-state index contributed by atoms with van der Waals surface area (Å²) in [6, 6.07) is 9.16. The van der Waals surface area contributed by atoms with Crippen molar-refractivity contribution in [2.75, 3.05) is 5.73 Å². The summed E-state index contributed by atoms with van der Waals surface area (Å²) in [6.45, 7) is -0.215. The number of amides is 2. The number of imide groups is 1. The minimum absolute atomic E-state index is 0. The molecule has 2 amide bonds. The van der Waals surface area contributed by atoms with Gasteiger partial charge in [0.2, 0.25) is 0 Å². The maximum Gasteiger partial charge on any atom is 1.00 e. The predicted octanol–water partition coefficient (Wildman–Crippen LogP) is -4.36. The third-order valence-corrected chi connectivity index (χ3v) is 7.38. The molecule has 0 saturated heterocycles. The number of nitrogens with zero attached hydrogens (tertiary/aromatic N) is 1. The molecule has 0 fully saturated rings. The van der Waals surface area contributed by atoms with E-state index in [0.29, 0.717) is 5.56 Å². The van der Waals surface area contributed by atoms with Gasteiger partial charge in [-0.15, -0.1) is 0 Å². The first-order chi connectivity index (χ1) is 14.8. The summed E-state index contributed by atoms with van der Waals surface area (Å²) in [7, 11) is -10.3. The maximum absolute atomic E-state index is 13.1. The van der Waals surface area contributed by atoms with Gasteiger partial charge in [0.05, 0.1) is 27.6 Å². The maximum atomic E-state index is 13.1. The zero-order valence-electron chi connectivity index (χ0n) is 17.7. The van der Waals surface area contributed by atoms with Gasteiger partial charge in [-0.1, -0.05) is 12.1 Å². The van der Waals surface area contributed by atoms with Crippen LogP contribution in [-0.4, -0.2) is 42.7 Å². The number of benzene rings is 3. The number of nitrogens with two attached hydrogens (primary N) is 1. The molecule has 15 heteroatoms. The fourth-order valence-electron chi connectivity index (χ4n) is 3.52. The van der Waals surface area contributed by atoms with Gasteiger partial charge >= 0.3 is 59.1 Å². The number of hydrogen-bond donors (Lipinski definition) is 1. The van der Waals surface area contributed by atoms with Crippen LogP contribution < -0.4 is 64.8 Å². The van der Waals surface area contributed by atoms with Crippen molar-refractivity contribution in [1.29, 1.82) is 0 Å². The van der Waals surface area contributed by atoms with E-state index >= 15 is 0 Å².